The third kappa shape index (κ3) is 2.97. The second-order valence-corrected chi connectivity index (χ2v) is 4.14. The van der Waals surface area contributed by atoms with E-state index in [2.05, 4.69) is 5.32 Å². The molecule has 0 aromatic rings. The molecule has 0 radical (unpaired) electrons. The van der Waals surface area contributed by atoms with Gasteiger partial charge in [-0.25, -0.2) is 0 Å². The molecule has 1 unspecified atom stereocenters. The van der Waals surface area contributed by atoms with E-state index in [0.29, 0.717) is 6.61 Å². The molecular weight excluding hydrogens is 170 g/mol. The number of ether oxygens (including phenoxy) is 1. The molecule has 1 rings (SSSR count). The highest BCUT2D eigenvalue weighted by molar-refractivity contribution is 5.67. The maximum absolute atomic E-state index is 10.6. The topological polar surface area (TPSA) is 58.6 Å². The van der Waals surface area contributed by atoms with Gasteiger partial charge in [0.1, 0.15) is 0 Å². The zero-order valence-corrected chi connectivity index (χ0v) is 8.17. The predicted molar refractivity (Wildman–Crippen MR) is 48.6 cm³/mol. The number of carbonyl (C=O) groups is 1. The normalized spacial score (nSPS) is 24.3. The van der Waals surface area contributed by atoms with Crippen LogP contribution in [0.1, 0.15) is 20.3 Å². The van der Waals surface area contributed by atoms with Gasteiger partial charge in [-0.2, -0.15) is 0 Å². The Bertz CT molecular complexity index is 185. The smallest absolute Gasteiger partial charge is 0.303 e. The lowest BCUT2D eigenvalue weighted by Gasteiger charge is -2.36. The van der Waals surface area contributed by atoms with Crippen molar-refractivity contribution in [3.05, 3.63) is 0 Å². The van der Waals surface area contributed by atoms with E-state index in [1.165, 1.54) is 0 Å². The van der Waals surface area contributed by atoms with Crippen LogP contribution in [0, 0.1) is 5.41 Å². The summed E-state index contributed by atoms with van der Waals surface area (Å²) >= 11 is 0. The Morgan fingerprint density at radius 1 is 1.69 bits per heavy atom. The Labute approximate surface area is 78.3 Å². The van der Waals surface area contributed by atoms with Crippen LogP contribution in [-0.4, -0.2) is 36.9 Å². The lowest BCUT2D eigenvalue weighted by Crippen LogP contribution is -2.50. The molecule has 0 aromatic heterocycles. The fraction of sp³-hybridized carbons (Fsp3) is 0.889. The summed E-state index contributed by atoms with van der Waals surface area (Å²) < 4.78 is 5.29. The molecule has 0 amide bonds. The van der Waals surface area contributed by atoms with Crippen LogP contribution < -0.4 is 5.32 Å². The van der Waals surface area contributed by atoms with Gasteiger partial charge in [-0.05, 0) is 5.41 Å². The van der Waals surface area contributed by atoms with Gasteiger partial charge in [0.2, 0.25) is 0 Å². The minimum Gasteiger partial charge on any atom is -0.481 e. The minimum absolute atomic E-state index is 0.150. The van der Waals surface area contributed by atoms with Crippen LogP contribution >= 0.6 is 0 Å². The van der Waals surface area contributed by atoms with Crippen LogP contribution in [0.5, 0.6) is 0 Å². The molecule has 0 spiro atoms. The average molecular weight is 187 g/mol. The van der Waals surface area contributed by atoms with Gasteiger partial charge in [0.25, 0.3) is 0 Å². The van der Waals surface area contributed by atoms with E-state index < -0.39 is 5.97 Å². The van der Waals surface area contributed by atoms with E-state index in [4.69, 9.17) is 9.84 Å². The standard InChI is InChI=1S/C9H17NO3/c1-9(2,5-8(11)12)7-6-13-4-3-10-7/h7,10H,3-6H2,1-2H3,(H,11,12). The summed E-state index contributed by atoms with van der Waals surface area (Å²) in [5.41, 5.74) is -0.244. The molecular formula is C9H17NO3. The number of carboxylic acids is 1. The summed E-state index contributed by atoms with van der Waals surface area (Å²) in [7, 11) is 0. The molecule has 1 saturated heterocycles. The fourth-order valence-corrected chi connectivity index (χ4v) is 1.58. The van der Waals surface area contributed by atoms with Gasteiger partial charge in [-0.15, -0.1) is 0 Å². The van der Waals surface area contributed by atoms with Crippen LogP contribution in [0.4, 0.5) is 0 Å². The summed E-state index contributed by atoms with van der Waals surface area (Å²) in [5.74, 6) is -0.752. The van der Waals surface area contributed by atoms with Gasteiger partial charge in [0.15, 0.2) is 0 Å². The van der Waals surface area contributed by atoms with Crippen LogP contribution in [0.15, 0.2) is 0 Å². The number of aliphatic carboxylic acids is 1. The predicted octanol–water partition coefficient (Wildman–Crippen LogP) is 0.476. The Balaban J connectivity index is 2.50. The third-order valence-corrected chi connectivity index (χ3v) is 2.47. The molecule has 1 aliphatic heterocycles. The summed E-state index contributed by atoms with van der Waals surface area (Å²) in [4.78, 5) is 10.6. The van der Waals surface area contributed by atoms with Gasteiger partial charge < -0.3 is 15.2 Å². The zero-order chi connectivity index (χ0) is 9.90. The van der Waals surface area contributed by atoms with Crippen molar-refractivity contribution >= 4 is 5.97 Å². The Hall–Kier alpha value is -0.610. The van der Waals surface area contributed by atoms with Crippen LogP contribution in [-0.2, 0) is 9.53 Å². The molecule has 1 aliphatic rings. The number of morpholine rings is 1. The molecule has 0 saturated carbocycles. The number of hydrogen-bond donors (Lipinski definition) is 2. The number of nitrogens with one attached hydrogen (secondary N) is 1. The van der Waals surface area contributed by atoms with E-state index in [0.717, 1.165) is 13.2 Å². The second kappa shape index (κ2) is 4.07. The van der Waals surface area contributed by atoms with Gasteiger partial charge >= 0.3 is 5.97 Å². The lowest BCUT2D eigenvalue weighted by atomic mass is 9.81. The van der Waals surface area contributed by atoms with Crippen LogP contribution in [0.2, 0.25) is 0 Å². The van der Waals surface area contributed by atoms with E-state index in [1.54, 1.807) is 0 Å². The first kappa shape index (κ1) is 10.5. The molecule has 0 aliphatic carbocycles. The third-order valence-electron chi connectivity index (χ3n) is 2.47. The Kier molecular flexibility index (Phi) is 3.27. The van der Waals surface area contributed by atoms with Crippen molar-refractivity contribution in [3.63, 3.8) is 0 Å². The van der Waals surface area contributed by atoms with Crippen molar-refractivity contribution in [1.82, 2.24) is 5.32 Å². The molecule has 76 valence electrons. The van der Waals surface area contributed by atoms with Crippen molar-refractivity contribution < 1.29 is 14.6 Å². The van der Waals surface area contributed by atoms with Crippen molar-refractivity contribution in [2.45, 2.75) is 26.3 Å². The molecule has 1 heterocycles. The number of rotatable bonds is 3. The zero-order valence-electron chi connectivity index (χ0n) is 8.17. The SMILES string of the molecule is CC(C)(CC(=O)O)C1COCCN1. The molecule has 4 nitrogen and oxygen atoms in total. The minimum atomic E-state index is -0.752. The Morgan fingerprint density at radius 3 is 2.85 bits per heavy atom. The monoisotopic (exact) mass is 187 g/mol. The summed E-state index contributed by atoms with van der Waals surface area (Å²) in [6.45, 7) is 6.05. The average Bonchev–Trinajstić information content (AvgIpc) is 2.04. The van der Waals surface area contributed by atoms with Gasteiger partial charge in [-0.3, -0.25) is 4.79 Å². The highest BCUT2D eigenvalue weighted by atomic mass is 16.5. The van der Waals surface area contributed by atoms with Crippen molar-refractivity contribution in [2.24, 2.45) is 5.41 Å². The molecule has 1 atom stereocenters. The van der Waals surface area contributed by atoms with Crippen LogP contribution in [0.3, 0.4) is 0 Å². The van der Waals surface area contributed by atoms with Gasteiger partial charge in [0.05, 0.1) is 19.6 Å². The Morgan fingerprint density at radius 2 is 2.38 bits per heavy atom. The first-order chi connectivity index (χ1) is 6.02. The summed E-state index contributed by atoms with van der Waals surface area (Å²) in [6, 6.07) is 0.150. The molecule has 1 fully saturated rings. The fourth-order valence-electron chi connectivity index (χ4n) is 1.58. The number of carboxylic acid groups (broad SMARTS) is 1. The van der Waals surface area contributed by atoms with E-state index in [-0.39, 0.29) is 17.9 Å². The first-order valence-corrected chi connectivity index (χ1v) is 4.55. The molecule has 13 heavy (non-hydrogen) atoms. The van der Waals surface area contributed by atoms with Crippen molar-refractivity contribution in [2.75, 3.05) is 19.8 Å². The quantitative estimate of drug-likeness (QED) is 0.674. The maximum Gasteiger partial charge on any atom is 0.303 e. The lowest BCUT2D eigenvalue weighted by molar-refractivity contribution is -0.140. The maximum atomic E-state index is 10.6. The summed E-state index contributed by atoms with van der Waals surface area (Å²) in [5, 5.41) is 12.0. The molecule has 4 heteroatoms. The summed E-state index contributed by atoms with van der Waals surface area (Å²) in [6.07, 6.45) is 0.175. The van der Waals surface area contributed by atoms with E-state index >= 15 is 0 Å². The van der Waals surface area contributed by atoms with Gasteiger partial charge in [-0.1, -0.05) is 13.8 Å². The van der Waals surface area contributed by atoms with Crippen molar-refractivity contribution in [3.8, 4) is 0 Å². The van der Waals surface area contributed by atoms with Gasteiger partial charge in [0, 0.05) is 12.6 Å². The molecule has 2 N–H and O–H groups in total. The largest absolute Gasteiger partial charge is 0.481 e. The van der Waals surface area contributed by atoms with Crippen LogP contribution in [0.25, 0.3) is 0 Å². The molecule has 0 aromatic carbocycles. The van der Waals surface area contributed by atoms with E-state index in [1.807, 2.05) is 13.8 Å². The number of hydrogen-bond acceptors (Lipinski definition) is 3. The van der Waals surface area contributed by atoms with Crippen molar-refractivity contribution in [1.29, 1.82) is 0 Å². The molecule has 0 bridgehead atoms. The second-order valence-electron chi connectivity index (χ2n) is 4.14. The first-order valence-electron chi connectivity index (χ1n) is 4.55. The highest BCUT2D eigenvalue weighted by Gasteiger charge is 2.32. The van der Waals surface area contributed by atoms with E-state index in [9.17, 15) is 4.79 Å². The highest BCUT2D eigenvalue weighted by Crippen LogP contribution is 2.26.